The number of nitrogens with one attached hydrogen (secondary N) is 1. The lowest BCUT2D eigenvalue weighted by Gasteiger charge is -2.10. The first kappa shape index (κ1) is 12.6. The topological polar surface area (TPSA) is 73.1 Å². The summed E-state index contributed by atoms with van der Waals surface area (Å²) in [6.45, 7) is 2.05. The van der Waals surface area contributed by atoms with Crippen LogP contribution >= 0.6 is 11.6 Å². The van der Waals surface area contributed by atoms with Gasteiger partial charge in [0.2, 0.25) is 11.8 Å². The molecule has 0 unspecified atom stereocenters. The molecule has 2 aromatic rings. The van der Waals surface area contributed by atoms with Crippen molar-refractivity contribution in [3.05, 3.63) is 41.0 Å². The molecule has 0 amide bonds. The van der Waals surface area contributed by atoms with E-state index in [1.165, 1.54) is 6.20 Å². The number of nitrogen functional groups attached to an aromatic ring is 1. The Morgan fingerprint density at radius 1 is 1.39 bits per heavy atom. The Balaban J connectivity index is 2.33. The summed E-state index contributed by atoms with van der Waals surface area (Å²) in [4.78, 5) is 7.94. The fourth-order valence-corrected chi connectivity index (χ4v) is 1.62. The highest BCUT2D eigenvalue weighted by atomic mass is 35.5. The molecule has 2 rings (SSSR count). The fourth-order valence-electron chi connectivity index (χ4n) is 1.49. The molecule has 0 radical (unpaired) electrons. The van der Waals surface area contributed by atoms with Gasteiger partial charge in [-0.15, -0.1) is 0 Å². The van der Waals surface area contributed by atoms with Crippen molar-refractivity contribution in [2.75, 3.05) is 5.43 Å². The van der Waals surface area contributed by atoms with Crippen LogP contribution in [0.4, 0.5) is 5.95 Å². The van der Waals surface area contributed by atoms with Gasteiger partial charge in [-0.25, -0.2) is 10.8 Å². The summed E-state index contributed by atoms with van der Waals surface area (Å²) in [5.41, 5.74) is 3.43. The highest BCUT2D eigenvalue weighted by Crippen LogP contribution is 2.29. The molecule has 18 heavy (non-hydrogen) atoms. The number of hydrogen-bond donors (Lipinski definition) is 2. The zero-order valence-corrected chi connectivity index (χ0v) is 10.6. The van der Waals surface area contributed by atoms with Crippen molar-refractivity contribution in [1.29, 1.82) is 0 Å². The highest BCUT2D eigenvalue weighted by molar-refractivity contribution is 6.31. The SMILES string of the molecule is CCc1ccccc1Oc1nc(NN)ncc1Cl. The second-order valence-electron chi connectivity index (χ2n) is 3.55. The van der Waals surface area contributed by atoms with E-state index in [4.69, 9.17) is 22.2 Å². The Bertz CT molecular complexity index is 547. The maximum absolute atomic E-state index is 5.98. The van der Waals surface area contributed by atoms with Crippen LogP contribution in [0.1, 0.15) is 12.5 Å². The minimum Gasteiger partial charge on any atom is -0.437 e. The van der Waals surface area contributed by atoms with Gasteiger partial charge in [-0.05, 0) is 18.1 Å². The third-order valence-corrected chi connectivity index (χ3v) is 2.66. The van der Waals surface area contributed by atoms with Crippen LogP contribution in [-0.4, -0.2) is 9.97 Å². The van der Waals surface area contributed by atoms with E-state index in [9.17, 15) is 0 Å². The fraction of sp³-hybridized carbons (Fsp3) is 0.167. The quantitative estimate of drug-likeness (QED) is 0.656. The maximum Gasteiger partial charge on any atom is 0.243 e. The number of hydrogen-bond acceptors (Lipinski definition) is 5. The summed E-state index contributed by atoms with van der Waals surface area (Å²) >= 11 is 5.98. The Labute approximate surface area is 110 Å². The molecule has 1 heterocycles. The summed E-state index contributed by atoms with van der Waals surface area (Å²) in [5.74, 6) is 6.50. The van der Waals surface area contributed by atoms with E-state index < -0.39 is 0 Å². The number of nitrogens with zero attached hydrogens (tertiary/aromatic N) is 2. The second-order valence-corrected chi connectivity index (χ2v) is 3.96. The van der Waals surface area contributed by atoms with Crippen molar-refractivity contribution in [3.63, 3.8) is 0 Å². The van der Waals surface area contributed by atoms with Gasteiger partial charge in [0.1, 0.15) is 10.8 Å². The van der Waals surface area contributed by atoms with Crippen molar-refractivity contribution >= 4 is 17.5 Å². The van der Waals surface area contributed by atoms with Crippen LogP contribution in [0.3, 0.4) is 0 Å². The molecule has 3 N–H and O–H groups in total. The predicted octanol–water partition coefficient (Wildman–Crippen LogP) is 2.77. The molecule has 0 saturated heterocycles. The lowest BCUT2D eigenvalue weighted by molar-refractivity contribution is 0.457. The average Bonchev–Trinajstić information content (AvgIpc) is 2.42. The molecule has 0 spiro atoms. The monoisotopic (exact) mass is 264 g/mol. The van der Waals surface area contributed by atoms with E-state index in [0.717, 1.165) is 17.7 Å². The summed E-state index contributed by atoms with van der Waals surface area (Å²) in [6.07, 6.45) is 2.30. The lowest BCUT2D eigenvalue weighted by atomic mass is 10.1. The number of hydrazine groups is 1. The van der Waals surface area contributed by atoms with Crippen LogP contribution in [-0.2, 0) is 6.42 Å². The molecule has 5 nitrogen and oxygen atoms in total. The summed E-state index contributed by atoms with van der Waals surface area (Å²) in [6, 6.07) is 7.71. The number of aromatic nitrogens is 2. The number of ether oxygens (including phenoxy) is 1. The van der Waals surface area contributed by atoms with Gasteiger partial charge in [-0.3, -0.25) is 5.43 Å². The van der Waals surface area contributed by atoms with Crippen molar-refractivity contribution in [3.8, 4) is 11.6 Å². The van der Waals surface area contributed by atoms with E-state index in [2.05, 4.69) is 22.3 Å². The highest BCUT2D eigenvalue weighted by Gasteiger charge is 2.09. The summed E-state index contributed by atoms with van der Waals surface area (Å²) in [7, 11) is 0. The van der Waals surface area contributed by atoms with Gasteiger partial charge in [0.05, 0.1) is 6.20 Å². The van der Waals surface area contributed by atoms with Crippen LogP contribution in [0.5, 0.6) is 11.6 Å². The summed E-state index contributed by atoms with van der Waals surface area (Å²) in [5, 5.41) is 0.333. The van der Waals surface area contributed by atoms with Crippen molar-refractivity contribution in [2.45, 2.75) is 13.3 Å². The Morgan fingerprint density at radius 2 is 2.17 bits per heavy atom. The molecule has 0 saturated carbocycles. The van der Waals surface area contributed by atoms with E-state index in [1.54, 1.807) is 0 Å². The standard InChI is InChI=1S/C12H13ClN4O/c1-2-8-5-3-4-6-10(8)18-11-9(13)7-15-12(16-11)17-14/h3-7H,2,14H2,1H3,(H,15,16,17). The Hall–Kier alpha value is -1.85. The van der Waals surface area contributed by atoms with Crippen molar-refractivity contribution in [2.24, 2.45) is 5.84 Å². The molecule has 6 heteroatoms. The minimum atomic E-state index is 0.253. The predicted molar refractivity (Wildman–Crippen MR) is 70.7 cm³/mol. The van der Waals surface area contributed by atoms with Crippen LogP contribution in [0, 0.1) is 0 Å². The normalized spacial score (nSPS) is 10.2. The Kier molecular flexibility index (Phi) is 3.96. The molecule has 94 valence electrons. The minimum absolute atomic E-state index is 0.253. The number of nitrogens with two attached hydrogens (primary N) is 1. The van der Waals surface area contributed by atoms with Gasteiger partial charge in [0.25, 0.3) is 0 Å². The van der Waals surface area contributed by atoms with Gasteiger partial charge < -0.3 is 4.74 Å². The van der Waals surface area contributed by atoms with E-state index >= 15 is 0 Å². The first-order valence-electron chi connectivity index (χ1n) is 5.49. The van der Waals surface area contributed by atoms with E-state index in [1.807, 2.05) is 24.3 Å². The zero-order chi connectivity index (χ0) is 13.0. The van der Waals surface area contributed by atoms with Crippen LogP contribution in [0.2, 0.25) is 5.02 Å². The molecule has 0 aliphatic heterocycles. The maximum atomic E-state index is 5.98. The molecule has 0 fully saturated rings. The number of benzene rings is 1. The Morgan fingerprint density at radius 3 is 2.89 bits per heavy atom. The van der Waals surface area contributed by atoms with Crippen molar-refractivity contribution in [1.82, 2.24) is 9.97 Å². The number of anilines is 1. The number of para-hydroxylation sites is 1. The largest absolute Gasteiger partial charge is 0.437 e. The van der Waals surface area contributed by atoms with Gasteiger partial charge in [-0.2, -0.15) is 4.98 Å². The van der Waals surface area contributed by atoms with E-state index in [-0.39, 0.29) is 11.8 Å². The summed E-state index contributed by atoms with van der Waals surface area (Å²) < 4.78 is 5.70. The molecule has 1 aromatic heterocycles. The molecular weight excluding hydrogens is 252 g/mol. The number of aryl methyl sites for hydroxylation is 1. The van der Waals surface area contributed by atoms with E-state index in [0.29, 0.717) is 5.02 Å². The van der Waals surface area contributed by atoms with Crippen LogP contribution in [0.25, 0.3) is 0 Å². The number of halogens is 1. The molecule has 0 atom stereocenters. The van der Waals surface area contributed by atoms with Gasteiger partial charge in [0, 0.05) is 0 Å². The smallest absolute Gasteiger partial charge is 0.243 e. The molecular formula is C12H13ClN4O. The molecule has 0 bridgehead atoms. The van der Waals surface area contributed by atoms with Gasteiger partial charge in [-0.1, -0.05) is 36.7 Å². The third-order valence-electron chi connectivity index (χ3n) is 2.40. The number of rotatable bonds is 4. The van der Waals surface area contributed by atoms with Crippen LogP contribution < -0.4 is 16.0 Å². The molecule has 1 aromatic carbocycles. The van der Waals surface area contributed by atoms with Gasteiger partial charge in [0.15, 0.2) is 0 Å². The second kappa shape index (κ2) is 5.66. The average molecular weight is 265 g/mol. The molecule has 0 aliphatic rings. The zero-order valence-electron chi connectivity index (χ0n) is 9.85. The molecule has 0 aliphatic carbocycles. The van der Waals surface area contributed by atoms with Crippen molar-refractivity contribution < 1.29 is 4.74 Å². The first-order valence-corrected chi connectivity index (χ1v) is 5.87. The van der Waals surface area contributed by atoms with Gasteiger partial charge >= 0.3 is 0 Å². The lowest BCUT2D eigenvalue weighted by Crippen LogP contribution is -2.10. The first-order chi connectivity index (χ1) is 8.74. The third kappa shape index (κ3) is 2.69. The van der Waals surface area contributed by atoms with Crippen LogP contribution in [0.15, 0.2) is 30.5 Å².